The molecule has 0 aliphatic carbocycles. The van der Waals surface area contributed by atoms with Crippen molar-refractivity contribution in [2.24, 2.45) is 0 Å². The first kappa shape index (κ1) is 19.5. The molecular formula is C21H28N4O2. The molecule has 27 heavy (non-hydrogen) atoms. The maximum absolute atomic E-state index is 12.9. The number of amides is 1. The van der Waals surface area contributed by atoms with Crippen LogP contribution in [0.3, 0.4) is 0 Å². The minimum absolute atomic E-state index is 0.142. The largest absolute Gasteiger partial charge is 0.379 e. The molecule has 1 aromatic carbocycles. The van der Waals surface area contributed by atoms with Gasteiger partial charge < -0.3 is 10.0 Å². The molecule has 1 unspecified atom stereocenters. The predicted molar refractivity (Wildman–Crippen MR) is 104 cm³/mol. The van der Waals surface area contributed by atoms with Crippen molar-refractivity contribution < 1.29 is 9.90 Å². The fourth-order valence-electron chi connectivity index (χ4n) is 3.73. The van der Waals surface area contributed by atoms with Crippen molar-refractivity contribution in [3.05, 3.63) is 60.2 Å². The van der Waals surface area contributed by atoms with Gasteiger partial charge in [-0.25, -0.2) is 9.97 Å². The van der Waals surface area contributed by atoms with E-state index in [1.54, 1.807) is 6.20 Å². The molecule has 144 valence electrons. The van der Waals surface area contributed by atoms with Crippen LogP contribution < -0.4 is 0 Å². The van der Waals surface area contributed by atoms with Crippen molar-refractivity contribution >= 4 is 5.91 Å². The van der Waals surface area contributed by atoms with E-state index in [0.717, 1.165) is 31.5 Å². The molecule has 1 aromatic heterocycles. The van der Waals surface area contributed by atoms with Crippen molar-refractivity contribution in [3.8, 4) is 0 Å². The average Bonchev–Trinajstić information content (AvgIpc) is 2.67. The maximum Gasteiger partial charge on any atom is 0.255 e. The Kier molecular flexibility index (Phi) is 6.53. The van der Waals surface area contributed by atoms with Crippen LogP contribution in [-0.2, 0) is 17.8 Å². The summed E-state index contributed by atoms with van der Waals surface area (Å²) < 4.78 is 0. The van der Waals surface area contributed by atoms with Crippen molar-refractivity contribution in [1.82, 2.24) is 19.8 Å². The molecule has 1 aliphatic heterocycles. The predicted octanol–water partition coefficient (Wildman–Crippen LogP) is 1.89. The van der Waals surface area contributed by atoms with Crippen LogP contribution >= 0.6 is 0 Å². The van der Waals surface area contributed by atoms with Gasteiger partial charge in [-0.15, -0.1) is 0 Å². The van der Waals surface area contributed by atoms with Crippen LogP contribution in [-0.4, -0.2) is 63.1 Å². The number of piperidine rings is 1. The summed E-state index contributed by atoms with van der Waals surface area (Å²) in [6.45, 7) is 2.30. The quantitative estimate of drug-likeness (QED) is 0.771. The van der Waals surface area contributed by atoms with Gasteiger partial charge in [0.05, 0.1) is 5.69 Å². The van der Waals surface area contributed by atoms with Crippen LogP contribution in [0.15, 0.2) is 48.9 Å². The highest BCUT2D eigenvalue weighted by Crippen LogP contribution is 2.24. The van der Waals surface area contributed by atoms with Gasteiger partial charge in [-0.2, -0.15) is 0 Å². The lowest BCUT2D eigenvalue weighted by Gasteiger charge is -2.40. The van der Waals surface area contributed by atoms with E-state index < -0.39 is 5.60 Å². The number of aryl methyl sites for hydroxylation is 1. The van der Waals surface area contributed by atoms with Gasteiger partial charge in [0, 0.05) is 32.4 Å². The Morgan fingerprint density at radius 2 is 2.07 bits per heavy atom. The van der Waals surface area contributed by atoms with Crippen LogP contribution in [0, 0.1) is 0 Å². The topological polar surface area (TPSA) is 69.6 Å². The van der Waals surface area contributed by atoms with Gasteiger partial charge in [0.25, 0.3) is 5.91 Å². The molecule has 1 fully saturated rings. The molecule has 1 amide bonds. The summed E-state index contributed by atoms with van der Waals surface area (Å²) in [5.41, 5.74) is 0.841. The number of carbonyl (C=O) groups is 1. The summed E-state index contributed by atoms with van der Waals surface area (Å²) >= 11 is 0. The van der Waals surface area contributed by atoms with Crippen LogP contribution in [0.4, 0.5) is 0 Å². The van der Waals surface area contributed by atoms with Gasteiger partial charge in [0.15, 0.2) is 5.60 Å². The van der Waals surface area contributed by atoms with Crippen LogP contribution in [0.25, 0.3) is 0 Å². The highest BCUT2D eigenvalue weighted by atomic mass is 16.3. The maximum atomic E-state index is 12.9. The lowest BCUT2D eigenvalue weighted by atomic mass is 9.91. The molecule has 6 nitrogen and oxygen atoms in total. The lowest BCUT2D eigenvalue weighted by Crippen LogP contribution is -2.58. The normalized spacial score (nSPS) is 20.3. The molecule has 1 saturated heterocycles. The number of nitrogens with zero attached hydrogens (tertiary/aromatic N) is 4. The van der Waals surface area contributed by atoms with E-state index in [4.69, 9.17) is 0 Å². The van der Waals surface area contributed by atoms with Crippen LogP contribution in [0.5, 0.6) is 0 Å². The number of benzene rings is 1. The standard InChI is InChI=1S/C21H28N4O2/c1-24(15-19-10-12-22-17-23-19)16-21(27)11-6-14-25(20(21)26)13-5-9-18-7-3-2-4-8-18/h2-4,7-8,10,12,17,27H,5-6,9,11,13-16H2,1H3. The zero-order valence-corrected chi connectivity index (χ0v) is 15.9. The molecule has 0 saturated carbocycles. The molecule has 0 spiro atoms. The molecule has 2 heterocycles. The van der Waals surface area contributed by atoms with Crippen molar-refractivity contribution in [1.29, 1.82) is 0 Å². The zero-order chi connectivity index (χ0) is 19.1. The van der Waals surface area contributed by atoms with Gasteiger partial charge in [0.1, 0.15) is 6.33 Å². The number of aromatic nitrogens is 2. The summed E-state index contributed by atoms with van der Waals surface area (Å²) in [7, 11) is 1.90. The number of likely N-dealkylation sites (tertiary alicyclic amines) is 1. The third-order valence-corrected chi connectivity index (χ3v) is 5.05. The lowest BCUT2D eigenvalue weighted by molar-refractivity contribution is -0.159. The second-order valence-corrected chi connectivity index (χ2v) is 7.39. The number of carbonyl (C=O) groups excluding carboxylic acids is 1. The second kappa shape index (κ2) is 9.06. The van der Waals surface area contributed by atoms with E-state index in [9.17, 15) is 9.90 Å². The molecule has 0 bridgehead atoms. The fourth-order valence-corrected chi connectivity index (χ4v) is 3.73. The highest BCUT2D eigenvalue weighted by molar-refractivity contribution is 5.86. The van der Waals surface area contributed by atoms with Gasteiger partial charge >= 0.3 is 0 Å². The smallest absolute Gasteiger partial charge is 0.255 e. The van der Waals surface area contributed by atoms with Crippen molar-refractivity contribution in [2.75, 3.05) is 26.7 Å². The van der Waals surface area contributed by atoms with E-state index in [0.29, 0.717) is 26.1 Å². The minimum Gasteiger partial charge on any atom is -0.379 e. The van der Waals surface area contributed by atoms with Crippen molar-refractivity contribution in [2.45, 2.75) is 37.8 Å². The molecular weight excluding hydrogens is 340 g/mol. The first-order chi connectivity index (χ1) is 13.1. The average molecular weight is 368 g/mol. The Hall–Kier alpha value is -2.31. The number of hydrogen-bond donors (Lipinski definition) is 1. The van der Waals surface area contributed by atoms with Gasteiger partial charge in [0.2, 0.25) is 0 Å². The number of likely N-dealkylation sites (N-methyl/N-ethyl adjacent to an activating group) is 1. The van der Waals surface area contributed by atoms with Gasteiger partial charge in [-0.05, 0) is 44.4 Å². The van der Waals surface area contributed by atoms with E-state index in [1.807, 2.05) is 41.1 Å². The monoisotopic (exact) mass is 368 g/mol. The minimum atomic E-state index is -1.31. The summed E-state index contributed by atoms with van der Waals surface area (Å²) in [5.74, 6) is -0.142. The molecule has 1 N–H and O–H groups in total. The van der Waals surface area contributed by atoms with E-state index in [1.165, 1.54) is 11.9 Å². The fraction of sp³-hybridized carbons (Fsp3) is 0.476. The Morgan fingerprint density at radius 3 is 2.81 bits per heavy atom. The van der Waals surface area contributed by atoms with Crippen LogP contribution in [0.1, 0.15) is 30.5 Å². The summed E-state index contributed by atoms with van der Waals surface area (Å²) in [4.78, 5) is 24.8. The van der Waals surface area contributed by atoms with E-state index in [-0.39, 0.29) is 5.91 Å². The Balaban J connectivity index is 1.53. The van der Waals surface area contributed by atoms with Crippen molar-refractivity contribution in [3.63, 3.8) is 0 Å². The Morgan fingerprint density at radius 1 is 1.26 bits per heavy atom. The Labute approximate surface area is 160 Å². The first-order valence-corrected chi connectivity index (χ1v) is 9.56. The summed E-state index contributed by atoms with van der Waals surface area (Å²) in [6, 6.07) is 12.1. The molecule has 1 aliphatic rings. The zero-order valence-electron chi connectivity index (χ0n) is 15.9. The first-order valence-electron chi connectivity index (χ1n) is 9.56. The highest BCUT2D eigenvalue weighted by Gasteiger charge is 2.42. The Bertz CT molecular complexity index is 725. The SMILES string of the molecule is CN(Cc1ccncn1)CC1(O)CCCN(CCCc2ccccc2)C1=O. The molecule has 0 radical (unpaired) electrons. The molecule has 1 atom stereocenters. The van der Waals surface area contributed by atoms with Crippen LogP contribution in [0.2, 0.25) is 0 Å². The number of hydrogen-bond acceptors (Lipinski definition) is 5. The number of aliphatic hydroxyl groups is 1. The van der Waals surface area contributed by atoms with Gasteiger partial charge in [-0.3, -0.25) is 9.69 Å². The summed E-state index contributed by atoms with van der Waals surface area (Å²) in [6.07, 6.45) is 6.40. The number of rotatable bonds is 8. The van der Waals surface area contributed by atoms with Gasteiger partial charge in [-0.1, -0.05) is 30.3 Å². The molecule has 6 heteroatoms. The van der Waals surface area contributed by atoms with E-state index >= 15 is 0 Å². The summed E-state index contributed by atoms with van der Waals surface area (Å²) in [5, 5.41) is 11.0. The molecule has 3 rings (SSSR count). The third kappa shape index (κ3) is 5.34. The second-order valence-electron chi connectivity index (χ2n) is 7.39. The molecule has 2 aromatic rings. The third-order valence-electron chi connectivity index (χ3n) is 5.05. The van der Waals surface area contributed by atoms with E-state index in [2.05, 4.69) is 22.1 Å².